The minimum absolute atomic E-state index is 0.131. The smallest absolute Gasteiger partial charge is 0.242 e. The van der Waals surface area contributed by atoms with Gasteiger partial charge in [0, 0.05) is 26.8 Å². The summed E-state index contributed by atoms with van der Waals surface area (Å²) in [5.41, 5.74) is 0.408. The van der Waals surface area contributed by atoms with Crippen LogP contribution in [0.25, 0.3) is 0 Å². The van der Waals surface area contributed by atoms with Gasteiger partial charge in [-0.3, -0.25) is 0 Å². The number of aliphatic hydroxyl groups is 1. The van der Waals surface area contributed by atoms with E-state index in [1.807, 2.05) is 0 Å². The van der Waals surface area contributed by atoms with Crippen LogP contribution in [0.15, 0.2) is 29.2 Å². The normalized spacial score (nSPS) is 14.1. The van der Waals surface area contributed by atoms with E-state index in [1.54, 1.807) is 12.1 Å². The first kappa shape index (κ1) is 13.1. The first-order valence-electron chi connectivity index (χ1n) is 4.63. The van der Waals surface area contributed by atoms with Gasteiger partial charge in [-0.25, -0.2) is 12.7 Å². The van der Waals surface area contributed by atoms with Crippen molar-refractivity contribution in [2.24, 2.45) is 0 Å². The van der Waals surface area contributed by atoms with Crippen LogP contribution in [0.1, 0.15) is 11.9 Å². The van der Waals surface area contributed by atoms with Crippen LogP contribution in [-0.4, -0.2) is 39.0 Å². The molecule has 0 saturated carbocycles. The quantitative estimate of drug-likeness (QED) is 0.788. The number of ether oxygens (including phenoxy) is 1. The molecule has 0 heterocycles. The lowest BCUT2D eigenvalue weighted by molar-refractivity contribution is -0.0770. The minimum Gasteiger partial charge on any atom is -0.364 e. The minimum atomic E-state index is -3.47. The maximum Gasteiger partial charge on any atom is 0.242 e. The molecule has 0 aliphatic rings. The zero-order chi connectivity index (χ0) is 12.3. The van der Waals surface area contributed by atoms with Gasteiger partial charge in [0.25, 0.3) is 0 Å². The molecular formula is C10H15NO4S. The first-order valence-corrected chi connectivity index (χ1v) is 6.07. The van der Waals surface area contributed by atoms with Crippen molar-refractivity contribution in [2.45, 2.75) is 11.2 Å². The Bertz CT molecular complexity index is 456. The molecule has 1 unspecified atom stereocenters. The molecule has 0 amide bonds. The Hall–Kier alpha value is -0.950. The van der Waals surface area contributed by atoms with Crippen molar-refractivity contribution in [2.75, 3.05) is 21.2 Å². The maximum atomic E-state index is 11.8. The molecule has 0 fully saturated rings. The number of nitrogens with zero attached hydrogens (tertiary/aromatic N) is 1. The molecule has 1 atom stereocenters. The largest absolute Gasteiger partial charge is 0.364 e. The Morgan fingerprint density at radius 2 is 2.00 bits per heavy atom. The van der Waals surface area contributed by atoms with E-state index in [9.17, 15) is 13.5 Å². The Balaban J connectivity index is 3.18. The third kappa shape index (κ3) is 2.59. The molecule has 0 radical (unpaired) electrons. The fourth-order valence-corrected chi connectivity index (χ4v) is 2.13. The summed E-state index contributed by atoms with van der Waals surface area (Å²) < 4.78 is 29.4. The maximum absolute atomic E-state index is 11.8. The fourth-order valence-electron chi connectivity index (χ4n) is 1.18. The van der Waals surface area contributed by atoms with Crippen molar-refractivity contribution >= 4 is 10.0 Å². The molecule has 0 aliphatic carbocycles. The van der Waals surface area contributed by atoms with Gasteiger partial charge < -0.3 is 9.84 Å². The van der Waals surface area contributed by atoms with Crippen molar-refractivity contribution in [3.63, 3.8) is 0 Å². The summed E-state index contributed by atoms with van der Waals surface area (Å²) in [6, 6.07) is 6.03. The van der Waals surface area contributed by atoms with Gasteiger partial charge in [0.05, 0.1) is 4.90 Å². The van der Waals surface area contributed by atoms with Gasteiger partial charge >= 0.3 is 0 Å². The summed E-state index contributed by atoms with van der Waals surface area (Å²) in [6.07, 6.45) is -1.11. The third-order valence-electron chi connectivity index (χ3n) is 2.15. The van der Waals surface area contributed by atoms with Crippen molar-refractivity contribution in [3.8, 4) is 0 Å². The highest BCUT2D eigenvalue weighted by Gasteiger charge is 2.18. The fraction of sp³-hybridized carbons (Fsp3) is 0.400. The summed E-state index contributed by atoms with van der Waals surface area (Å²) in [5.74, 6) is 0. The van der Waals surface area contributed by atoms with Crippen molar-refractivity contribution in [3.05, 3.63) is 29.8 Å². The van der Waals surface area contributed by atoms with Crippen molar-refractivity contribution < 1.29 is 18.3 Å². The van der Waals surface area contributed by atoms with Crippen molar-refractivity contribution in [1.29, 1.82) is 0 Å². The second-order valence-corrected chi connectivity index (χ2v) is 5.60. The highest BCUT2D eigenvalue weighted by molar-refractivity contribution is 7.89. The molecule has 1 N–H and O–H groups in total. The summed E-state index contributed by atoms with van der Waals surface area (Å²) in [5, 5.41) is 9.43. The molecule has 0 spiro atoms. The SMILES string of the molecule is COC(O)c1cccc(S(=O)(=O)N(C)C)c1. The summed E-state index contributed by atoms with van der Waals surface area (Å²) in [6.45, 7) is 0. The average molecular weight is 245 g/mol. The molecule has 0 bridgehead atoms. The van der Waals surface area contributed by atoms with E-state index in [1.165, 1.54) is 33.3 Å². The number of sulfonamides is 1. The van der Waals surface area contributed by atoms with Crippen LogP contribution in [0.5, 0.6) is 0 Å². The van der Waals surface area contributed by atoms with Crippen LogP contribution in [0.2, 0.25) is 0 Å². The van der Waals surface area contributed by atoms with E-state index in [2.05, 4.69) is 0 Å². The molecule has 1 aromatic carbocycles. The number of hydrogen-bond donors (Lipinski definition) is 1. The van der Waals surface area contributed by atoms with E-state index in [4.69, 9.17) is 4.74 Å². The van der Waals surface area contributed by atoms with Gasteiger partial charge in [0.1, 0.15) is 0 Å². The van der Waals surface area contributed by atoms with Crippen molar-refractivity contribution in [1.82, 2.24) is 4.31 Å². The van der Waals surface area contributed by atoms with Gasteiger partial charge in [-0.05, 0) is 12.1 Å². The van der Waals surface area contributed by atoms with Gasteiger partial charge in [-0.15, -0.1) is 0 Å². The Labute approximate surface area is 95.3 Å². The number of hydrogen-bond acceptors (Lipinski definition) is 4. The second kappa shape index (κ2) is 4.92. The molecule has 16 heavy (non-hydrogen) atoms. The lowest BCUT2D eigenvalue weighted by atomic mass is 10.2. The van der Waals surface area contributed by atoms with Gasteiger partial charge in [0.2, 0.25) is 10.0 Å². The molecule has 0 saturated heterocycles. The van der Waals surface area contributed by atoms with Crippen LogP contribution in [0.3, 0.4) is 0 Å². The van der Waals surface area contributed by atoms with E-state index in [-0.39, 0.29) is 4.90 Å². The van der Waals surface area contributed by atoms with E-state index < -0.39 is 16.3 Å². The van der Waals surface area contributed by atoms with Gasteiger partial charge in [-0.2, -0.15) is 0 Å². The third-order valence-corrected chi connectivity index (χ3v) is 3.96. The number of benzene rings is 1. The van der Waals surface area contributed by atoms with Gasteiger partial charge in [-0.1, -0.05) is 12.1 Å². The standard InChI is InChI=1S/C10H15NO4S/c1-11(2)16(13,14)9-6-4-5-8(7-9)10(12)15-3/h4-7,10,12H,1-3H3. The van der Waals surface area contributed by atoms with Crippen LogP contribution in [0.4, 0.5) is 0 Å². The highest BCUT2D eigenvalue weighted by Crippen LogP contribution is 2.19. The summed E-state index contributed by atoms with van der Waals surface area (Å²) >= 11 is 0. The number of aliphatic hydroxyl groups excluding tert-OH is 1. The molecule has 1 aromatic rings. The zero-order valence-corrected chi connectivity index (χ0v) is 10.2. The molecule has 0 aliphatic heterocycles. The predicted molar refractivity (Wildman–Crippen MR) is 59.3 cm³/mol. The number of rotatable bonds is 4. The lowest BCUT2D eigenvalue weighted by Gasteiger charge is -2.14. The molecular weight excluding hydrogens is 230 g/mol. The first-order chi connectivity index (χ1) is 7.39. The number of methoxy groups -OCH3 is 1. The topological polar surface area (TPSA) is 66.8 Å². The predicted octanol–water partition coefficient (Wildman–Crippen LogP) is 0.574. The highest BCUT2D eigenvalue weighted by atomic mass is 32.2. The lowest BCUT2D eigenvalue weighted by Crippen LogP contribution is -2.22. The Kier molecular flexibility index (Phi) is 4.03. The van der Waals surface area contributed by atoms with Crippen LogP contribution in [-0.2, 0) is 14.8 Å². The zero-order valence-electron chi connectivity index (χ0n) is 9.41. The second-order valence-electron chi connectivity index (χ2n) is 3.45. The summed E-state index contributed by atoms with van der Waals surface area (Å²) in [4.78, 5) is 0.131. The summed E-state index contributed by atoms with van der Waals surface area (Å²) in [7, 11) is 0.777. The van der Waals surface area contributed by atoms with E-state index in [0.29, 0.717) is 5.56 Å². The molecule has 6 heteroatoms. The van der Waals surface area contributed by atoms with Gasteiger partial charge in [0.15, 0.2) is 6.29 Å². The Morgan fingerprint density at radius 3 is 2.50 bits per heavy atom. The molecule has 1 rings (SSSR count). The van der Waals surface area contributed by atoms with E-state index in [0.717, 1.165) is 4.31 Å². The average Bonchev–Trinajstić information content (AvgIpc) is 2.28. The molecule has 0 aromatic heterocycles. The van der Waals surface area contributed by atoms with Crippen LogP contribution >= 0.6 is 0 Å². The van der Waals surface area contributed by atoms with Crippen LogP contribution < -0.4 is 0 Å². The monoisotopic (exact) mass is 245 g/mol. The molecule has 5 nitrogen and oxygen atoms in total. The van der Waals surface area contributed by atoms with E-state index >= 15 is 0 Å². The Morgan fingerprint density at radius 1 is 1.38 bits per heavy atom. The van der Waals surface area contributed by atoms with Crippen LogP contribution in [0, 0.1) is 0 Å². The molecule has 90 valence electrons.